The third-order valence-corrected chi connectivity index (χ3v) is 4.96. The SMILES string of the molecule is Cc1ccc(-c2noc(C(C)SCC(=O)Nc3ccccc3F)n2)cc1F. The number of hydrogen-bond donors (Lipinski definition) is 1. The smallest absolute Gasteiger partial charge is 0.239 e. The highest BCUT2D eigenvalue weighted by atomic mass is 32.2. The van der Waals surface area contributed by atoms with Crippen molar-refractivity contribution in [2.24, 2.45) is 0 Å². The first-order chi connectivity index (χ1) is 12.9. The molecule has 1 amide bonds. The van der Waals surface area contributed by atoms with Gasteiger partial charge in [0.1, 0.15) is 11.6 Å². The van der Waals surface area contributed by atoms with Crippen molar-refractivity contribution in [3.63, 3.8) is 0 Å². The minimum absolute atomic E-state index is 0.0897. The molecule has 3 rings (SSSR count). The normalized spacial score (nSPS) is 12.0. The molecule has 0 spiro atoms. The average Bonchev–Trinajstić information content (AvgIpc) is 3.14. The fourth-order valence-electron chi connectivity index (χ4n) is 2.27. The summed E-state index contributed by atoms with van der Waals surface area (Å²) in [5, 5.41) is 6.13. The summed E-state index contributed by atoms with van der Waals surface area (Å²) in [5.74, 6) is -0.465. The van der Waals surface area contributed by atoms with E-state index in [-0.39, 0.29) is 34.2 Å². The van der Waals surface area contributed by atoms with Gasteiger partial charge < -0.3 is 9.84 Å². The Morgan fingerprint density at radius 3 is 2.74 bits per heavy atom. The van der Waals surface area contributed by atoms with Crippen LogP contribution in [-0.2, 0) is 4.79 Å². The lowest BCUT2D eigenvalue weighted by atomic mass is 10.1. The molecule has 3 aromatic rings. The molecule has 1 unspecified atom stereocenters. The first-order valence-corrected chi connectivity index (χ1v) is 9.25. The summed E-state index contributed by atoms with van der Waals surface area (Å²) in [4.78, 5) is 16.3. The van der Waals surface area contributed by atoms with E-state index in [1.807, 2.05) is 6.92 Å². The number of amides is 1. The molecule has 140 valence electrons. The van der Waals surface area contributed by atoms with E-state index < -0.39 is 5.82 Å². The van der Waals surface area contributed by atoms with Crippen LogP contribution in [0, 0.1) is 18.6 Å². The van der Waals surface area contributed by atoms with E-state index >= 15 is 0 Å². The Morgan fingerprint density at radius 2 is 2.00 bits per heavy atom. The lowest BCUT2D eigenvalue weighted by molar-refractivity contribution is -0.113. The molecule has 0 bridgehead atoms. The number of hydrogen-bond acceptors (Lipinski definition) is 5. The minimum Gasteiger partial charge on any atom is -0.338 e. The lowest BCUT2D eigenvalue weighted by Gasteiger charge is -2.08. The quantitative estimate of drug-likeness (QED) is 0.659. The summed E-state index contributed by atoms with van der Waals surface area (Å²) in [5.41, 5.74) is 1.19. The van der Waals surface area contributed by atoms with Crippen LogP contribution in [0.15, 0.2) is 47.0 Å². The van der Waals surface area contributed by atoms with Crippen LogP contribution >= 0.6 is 11.8 Å². The molecule has 1 heterocycles. The molecule has 0 aliphatic heterocycles. The van der Waals surface area contributed by atoms with Gasteiger partial charge in [0.25, 0.3) is 0 Å². The summed E-state index contributed by atoms with van der Waals surface area (Å²) in [7, 11) is 0. The standard InChI is InChI=1S/C19H17F2N3O2S/c1-11-7-8-13(9-15(11)21)18-23-19(26-24-18)12(2)27-10-17(25)22-16-6-4-3-5-14(16)20/h3-9,12H,10H2,1-2H3,(H,22,25). The first-order valence-electron chi connectivity index (χ1n) is 8.20. The van der Waals surface area contributed by atoms with Gasteiger partial charge in [0.2, 0.25) is 17.6 Å². The number of aromatic nitrogens is 2. The van der Waals surface area contributed by atoms with Crippen LogP contribution in [0.1, 0.15) is 23.6 Å². The molecule has 8 heteroatoms. The molecule has 1 N–H and O–H groups in total. The number of halogens is 2. The van der Waals surface area contributed by atoms with Crippen LogP contribution in [0.5, 0.6) is 0 Å². The largest absolute Gasteiger partial charge is 0.338 e. The third-order valence-electron chi connectivity index (χ3n) is 3.83. The number of nitrogens with one attached hydrogen (secondary N) is 1. The lowest BCUT2D eigenvalue weighted by Crippen LogP contribution is -2.15. The van der Waals surface area contributed by atoms with Gasteiger partial charge in [-0.05, 0) is 37.6 Å². The zero-order valence-corrected chi connectivity index (χ0v) is 15.5. The fraction of sp³-hybridized carbons (Fsp3) is 0.211. The van der Waals surface area contributed by atoms with E-state index in [4.69, 9.17) is 4.52 Å². The number of nitrogens with zero attached hydrogens (tertiary/aromatic N) is 2. The number of anilines is 1. The second kappa shape index (κ2) is 8.30. The number of thioether (sulfide) groups is 1. The maximum atomic E-state index is 13.7. The van der Waals surface area contributed by atoms with Crippen molar-refractivity contribution in [1.29, 1.82) is 0 Å². The average molecular weight is 389 g/mol. The molecule has 2 aromatic carbocycles. The van der Waals surface area contributed by atoms with E-state index in [9.17, 15) is 13.6 Å². The second-order valence-corrected chi connectivity index (χ2v) is 7.23. The summed E-state index contributed by atoms with van der Waals surface area (Å²) < 4.78 is 32.5. The van der Waals surface area contributed by atoms with Crippen molar-refractivity contribution in [1.82, 2.24) is 10.1 Å². The Kier molecular flexibility index (Phi) is 5.85. The molecule has 0 saturated heterocycles. The van der Waals surface area contributed by atoms with Gasteiger partial charge in [-0.1, -0.05) is 29.4 Å². The van der Waals surface area contributed by atoms with Gasteiger partial charge in [-0.3, -0.25) is 4.79 Å². The second-order valence-electron chi connectivity index (χ2n) is 5.90. The van der Waals surface area contributed by atoms with Gasteiger partial charge in [-0.25, -0.2) is 8.78 Å². The molecule has 1 aromatic heterocycles. The number of benzene rings is 2. The van der Waals surface area contributed by atoms with Gasteiger partial charge in [0, 0.05) is 5.56 Å². The number of carbonyl (C=O) groups excluding carboxylic acids is 1. The molecular formula is C19H17F2N3O2S. The molecule has 27 heavy (non-hydrogen) atoms. The highest BCUT2D eigenvalue weighted by Crippen LogP contribution is 2.29. The Balaban J connectivity index is 1.59. The zero-order chi connectivity index (χ0) is 19.4. The van der Waals surface area contributed by atoms with Crippen molar-refractivity contribution >= 4 is 23.4 Å². The summed E-state index contributed by atoms with van der Waals surface area (Å²) in [6.45, 7) is 3.49. The van der Waals surface area contributed by atoms with Crippen LogP contribution in [0.2, 0.25) is 0 Å². The topological polar surface area (TPSA) is 68.0 Å². The van der Waals surface area contributed by atoms with Crippen LogP contribution in [0.25, 0.3) is 11.4 Å². The Hall–Kier alpha value is -2.74. The summed E-state index contributed by atoms with van der Waals surface area (Å²) in [6.07, 6.45) is 0. The van der Waals surface area contributed by atoms with Crippen LogP contribution in [-0.4, -0.2) is 21.8 Å². The summed E-state index contributed by atoms with van der Waals surface area (Å²) in [6, 6.07) is 10.7. The van der Waals surface area contributed by atoms with Crippen LogP contribution in [0.3, 0.4) is 0 Å². The van der Waals surface area contributed by atoms with Gasteiger partial charge in [0.15, 0.2) is 0 Å². The van der Waals surface area contributed by atoms with E-state index in [0.29, 0.717) is 17.0 Å². The van der Waals surface area contributed by atoms with Gasteiger partial charge >= 0.3 is 0 Å². The van der Waals surface area contributed by atoms with Gasteiger partial charge in [-0.15, -0.1) is 11.8 Å². The van der Waals surface area contributed by atoms with E-state index in [2.05, 4.69) is 15.5 Å². The van der Waals surface area contributed by atoms with Gasteiger partial charge in [0.05, 0.1) is 16.7 Å². The van der Waals surface area contributed by atoms with Gasteiger partial charge in [-0.2, -0.15) is 4.98 Å². The minimum atomic E-state index is -0.490. The molecule has 1 atom stereocenters. The zero-order valence-electron chi connectivity index (χ0n) is 14.7. The number of para-hydroxylation sites is 1. The molecule has 0 fully saturated rings. The maximum Gasteiger partial charge on any atom is 0.239 e. The number of carbonyl (C=O) groups is 1. The van der Waals surface area contributed by atoms with Crippen molar-refractivity contribution in [3.05, 3.63) is 65.6 Å². The maximum absolute atomic E-state index is 13.7. The van der Waals surface area contributed by atoms with Crippen molar-refractivity contribution < 1.29 is 18.1 Å². The monoisotopic (exact) mass is 389 g/mol. The first kappa shape index (κ1) is 19.0. The highest BCUT2D eigenvalue weighted by Gasteiger charge is 2.18. The highest BCUT2D eigenvalue weighted by molar-refractivity contribution is 8.00. The molecular weight excluding hydrogens is 372 g/mol. The van der Waals surface area contributed by atoms with E-state index in [1.54, 1.807) is 31.2 Å². The Labute approximate surface area is 159 Å². The van der Waals surface area contributed by atoms with E-state index in [0.717, 1.165) is 0 Å². The predicted octanol–water partition coefficient (Wildman–Crippen LogP) is 4.76. The third kappa shape index (κ3) is 4.71. The molecule has 0 aliphatic carbocycles. The Bertz CT molecular complexity index is 962. The van der Waals surface area contributed by atoms with Crippen LogP contribution in [0.4, 0.5) is 14.5 Å². The molecule has 0 saturated carbocycles. The van der Waals surface area contributed by atoms with Crippen molar-refractivity contribution in [2.75, 3.05) is 11.1 Å². The molecule has 0 radical (unpaired) electrons. The predicted molar refractivity (Wildman–Crippen MR) is 100 cm³/mol. The molecule has 5 nitrogen and oxygen atoms in total. The molecule has 0 aliphatic rings. The van der Waals surface area contributed by atoms with E-state index in [1.165, 1.54) is 30.0 Å². The fourth-order valence-corrected chi connectivity index (χ4v) is 2.98. The number of rotatable bonds is 6. The van der Waals surface area contributed by atoms with Crippen molar-refractivity contribution in [2.45, 2.75) is 19.1 Å². The van der Waals surface area contributed by atoms with Crippen LogP contribution < -0.4 is 5.32 Å². The summed E-state index contributed by atoms with van der Waals surface area (Å²) >= 11 is 1.27. The number of aryl methyl sites for hydroxylation is 1. The van der Waals surface area contributed by atoms with Crippen molar-refractivity contribution in [3.8, 4) is 11.4 Å². The Morgan fingerprint density at radius 1 is 1.22 bits per heavy atom.